The number of nitrogens with one attached hydrogen (secondary N) is 2. The van der Waals surface area contributed by atoms with Crippen LogP contribution in [-0.4, -0.2) is 47.8 Å². The van der Waals surface area contributed by atoms with E-state index in [1.807, 2.05) is 12.1 Å². The SMILES string of the molecule is Clc1ccccc1C[NH+]1CCO[C@H](CSc2nnc(NC3CC3)s2)C1. The Morgan fingerprint density at radius 3 is 3.04 bits per heavy atom. The molecule has 1 aliphatic heterocycles. The van der Waals surface area contributed by atoms with Gasteiger partial charge in [-0.15, -0.1) is 10.2 Å². The molecule has 2 heterocycles. The van der Waals surface area contributed by atoms with Crippen LogP contribution in [-0.2, 0) is 11.3 Å². The Morgan fingerprint density at radius 2 is 2.20 bits per heavy atom. The van der Waals surface area contributed by atoms with Crippen LogP contribution >= 0.6 is 34.7 Å². The average molecular weight is 398 g/mol. The summed E-state index contributed by atoms with van der Waals surface area (Å²) in [4.78, 5) is 1.53. The fourth-order valence-electron chi connectivity index (χ4n) is 2.92. The van der Waals surface area contributed by atoms with Crippen LogP contribution < -0.4 is 10.2 Å². The molecule has 2 N–H and O–H groups in total. The van der Waals surface area contributed by atoms with Gasteiger partial charge in [-0.25, -0.2) is 0 Å². The number of quaternary nitrogens is 1. The molecule has 2 aliphatic rings. The van der Waals surface area contributed by atoms with Gasteiger partial charge >= 0.3 is 0 Å². The van der Waals surface area contributed by atoms with Crippen LogP contribution in [0.3, 0.4) is 0 Å². The summed E-state index contributed by atoms with van der Waals surface area (Å²) in [5.74, 6) is 0.921. The minimum atomic E-state index is 0.250. The zero-order valence-electron chi connectivity index (χ0n) is 13.9. The molecule has 25 heavy (non-hydrogen) atoms. The molecule has 0 radical (unpaired) electrons. The van der Waals surface area contributed by atoms with Gasteiger partial charge < -0.3 is 15.0 Å². The van der Waals surface area contributed by atoms with Crippen LogP contribution in [0.25, 0.3) is 0 Å². The zero-order chi connectivity index (χ0) is 17.1. The van der Waals surface area contributed by atoms with Gasteiger partial charge in [-0.05, 0) is 18.9 Å². The maximum atomic E-state index is 6.30. The molecule has 0 amide bonds. The van der Waals surface area contributed by atoms with E-state index in [4.69, 9.17) is 16.3 Å². The smallest absolute Gasteiger partial charge is 0.206 e. The molecule has 1 aromatic carbocycles. The number of benzene rings is 1. The molecule has 1 saturated heterocycles. The second kappa shape index (κ2) is 8.22. The van der Waals surface area contributed by atoms with Crippen molar-refractivity contribution in [1.29, 1.82) is 0 Å². The summed E-state index contributed by atoms with van der Waals surface area (Å²) >= 11 is 9.69. The largest absolute Gasteiger partial charge is 0.366 e. The van der Waals surface area contributed by atoms with Gasteiger partial charge in [0.15, 0.2) is 4.34 Å². The Balaban J connectivity index is 1.26. The molecule has 0 spiro atoms. The van der Waals surface area contributed by atoms with E-state index in [1.165, 1.54) is 23.3 Å². The molecule has 5 nitrogen and oxygen atoms in total. The summed E-state index contributed by atoms with van der Waals surface area (Å²) in [5.41, 5.74) is 1.22. The Bertz CT molecular complexity index is 709. The number of morpholine rings is 1. The number of rotatable bonds is 7. The van der Waals surface area contributed by atoms with Crippen molar-refractivity contribution in [2.45, 2.75) is 35.9 Å². The van der Waals surface area contributed by atoms with Gasteiger partial charge in [0, 0.05) is 22.4 Å². The molecule has 134 valence electrons. The highest BCUT2D eigenvalue weighted by molar-refractivity contribution is 8.01. The lowest BCUT2D eigenvalue weighted by Gasteiger charge is -2.30. The molecule has 0 bridgehead atoms. The highest BCUT2D eigenvalue weighted by atomic mass is 35.5. The first-order chi connectivity index (χ1) is 12.3. The average Bonchev–Trinajstić information content (AvgIpc) is 3.32. The van der Waals surface area contributed by atoms with Crippen LogP contribution in [0.1, 0.15) is 18.4 Å². The van der Waals surface area contributed by atoms with Crippen molar-refractivity contribution in [3.8, 4) is 0 Å². The summed E-state index contributed by atoms with van der Waals surface area (Å²) in [6, 6.07) is 8.73. The first-order valence-corrected chi connectivity index (χ1v) is 10.9. The normalized spacial score (nSPS) is 23.6. The van der Waals surface area contributed by atoms with Crippen molar-refractivity contribution in [2.24, 2.45) is 0 Å². The molecular formula is C17H22ClN4OS2+. The minimum absolute atomic E-state index is 0.250. The third-order valence-corrected chi connectivity index (χ3v) is 6.92. The predicted octanol–water partition coefficient (Wildman–Crippen LogP) is 2.34. The number of aromatic nitrogens is 2. The van der Waals surface area contributed by atoms with Crippen molar-refractivity contribution >= 4 is 39.8 Å². The van der Waals surface area contributed by atoms with Gasteiger partial charge in [0.1, 0.15) is 25.7 Å². The minimum Gasteiger partial charge on any atom is -0.366 e. The van der Waals surface area contributed by atoms with E-state index in [0.717, 1.165) is 46.5 Å². The molecule has 2 atom stereocenters. The summed E-state index contributed by atoms with van der Waals surface area (Å²) < 4.78 is 6.96. The first kappa shape index (κ1) is 17.5. The lowest BCUT2D eigenvalue weighted by molar-refractivity contribution is -0.924. The number of anilines is 1. The van der Waals surface area contributed by atoms with E-state index < -0.39 is 0 Å². The number of thioether (sulfide) groups is 1. The maximum Gasteiger partial charge on any atom is 0.206 e. The fourth-order valence-corrected chi connectivity index (χ4v) is 5.00. The monoisotopic (exact) mass is 397 g/mol. The van der Waals surface area contributed by atoms with Gasteiger partial charge in [-0.3, -0.25) is 0 Å². The van der Waals surface area contributed by atoms with E-state index in [1.54, 1.807) is 23.1 Å². The number of hydrogen-bond donors (Lipinski definition) is 2. The second-order valence-electron chi connectivity index (χ2n) is 6.57. The molecule has 1 unspecified atom stereocenters. The highest BCUT2D eigenvalue weighted by Gasteiger charge is 2.26. The first-order valence-electron chi connectivity index (χ1n) is 8.67. The Hall–Kier alpha value is -0.860. The molecular weight excluding hydrogens is 376 g/mol. The van der Waals surface area contributed by atoms with E-state index in [-0.39, 0.29) is 6.10 Å². The number of nitrogens with zero attached hydrogens (tertiary/aromatic N) is 2. The lowest BCUT2D eigenvalue weighted by atomic mass is 10.2. The van der Waals surface area contributed by atoms with E-state index in [0.29, 0.717) is 6.04 Å². The predicted molar refractivity (Wildman–Crippen MR) is 103 cm³/mol. The Labute approximate surface area is 161 Å². The number of hydrogen-bond acceptors (Lipinski definition) is 6. The Morgan fingerprint density at radius 1 is 1.32 bits per heavy atom. The lowest BCUT2D eigenvalue weighted by Crippen LogP contribution is -3.13. The van der Waals surface area contributed by atoms with Crippen molar-refractivity contribution < 1.29 is 9.64 Å². The molecule has 1 aliphatic carbocycles. The molecule has 1 aromatic heterocycles. The number of halogens is 1. The third kappa shape index (κ3) is 5.08. The molecule has 4 rings (SSSR count). The van der Waals surface area contributed by atoms with E-state index >= 15 is 0 Å². The van der Waals surface area contributed by atoms with Crippen molar-refractivity contribution in [2.75, 3.05) is 30.8 Å². The van der Waals surface area contributed by atoms with Gasteiger partial charge in [0.2, 0.25) is 5.13 Å². The van der Waals surface area contributed by atoms with Crippen LogP contribution in [0.15, 0.2) is 28.6 Å². The number of ether oxygens (including phenoxy) is 1. The van der Waals surface area contributed by atoms with Gasteiger partial charge in [-0.1, -0.05) is 52.9 Å². The summed E-state index contributed by atoms with van der Waals surface area (Å²) in [6.45, 7) is 3.79. The van der Waals surface area contributed by atoms with Crippen LogP contribution in [0.2, 0.25) is 5.02 Å². The standard InChI is InChI=1S/C17H21ClN4OS2/c18-15-4-2-1-3-12(15)9-22-7-8-23-14(10-22)11-24-17-21-20-16(25-17)19-13-5-6-13/h1-4,13-14H,5-11H2,(H,19,20)/p+1/t14-/m0/s1. The zero-order valence-corrected chi connectivity index (χ0v) is 16.3. The summed E-state index contributed by atoms with van der Waals surface area (Å²) in [7, 11) is 0. The van der Waals surface area contributed by atoms with Crippen LogP contribution in [0, 0.1) is 0 Å². The van der Waals surface area contributed by atoms with Crippen LogP contribution in [0.5, 0.6) is 0 Å². The summed E-state index contributed by atoms with van der Waals surface area (Å²) in [5, 5.41) is 13.7. The molecule has 2 aromatic rings. The van der Waals surface area contributed by atoms with Crippen molar-refractivity contribution in [3.05, 3.63) is 34.9 Å². The molecule has 1 saturated carbocycles. The van der Waals surface area contributed by atoms with Crippen molar-refractivity contribution in [1.82, 2.24) is 10.2 Å². The highest BCUT2D eigenvalue weighted by Crippen LogP contribution is 2.30. The fraction of sp³-hybridized carbons (Fsp3) is 0.529. The summed E-state index contributed by atoms with van der Waals surface area (Å²) in [6.07, 6.45) is 2.75. The Kier molecular flexibility index (Phi) is 5.77. The van der Waals surface area contributed by atoms with E-state index in [9.17, 15) is 0 Å². The second-order valence-corrected chi connectivity index (χ2v) is 9.22. The van der Waals surface area contributed by atoms with Crippen molar-refractivity contribution in [3.63, 3.8) is 0 Å². The maximum absolute atomic E-state index is 6.30. The molecule has 2 fully saturated rings. The van der Waals surface area contributed by atoms with Crippen LogP contribution in [0.4, 0.5) is 5.13 Å². The topological polar surface area (TPSA) is 51.5 Å². The molecule has 8 heteroatoms. The van der Waals surface area contributed by atoms with Gasteiger partial charge in [0.05, 0.1) is 6.61 Å². The quantitative estimate of drug-likeness (QED) is 0.702. The van der Waals surface area contributed by atoms with Gasteiger partial charge in [0.25, 0.3) is 0 Å². The van der Waals surface area contributed by atoms with Gasteiger partial charge in [-0.2, -0.15) is 0 Å². The van der Waals surface area contributed by atoms with E-state index in [2.05, 4.69) is 27.6 Å². The third-order valence-electron chi connectivity index (χ3n) is 4.43.